The lowest BCUT2D eigenvalue weighted by atomic mass is 10.3. The van der Waals surface area contributed by atoms with Crippen LogP contribution in [-0.4, -0.2) is 31.6 Å². The Morgan fingerprint density at radius 2 is 2.04 bits per heavy atom. The van der Waals surface area contributed by atoms with Gasteiger partial charge >= 0.3 is 0 Å². The monoisotopic (exact) mass is 364 g/mol. The molecule has 4 aromatic rings. The number of fused-ring (bicyclic) bond motifs is 1. The van der Waals surface area contributed by atoms with E-state index < -0.39 is 5.91 Å². The molecule has 3 aromatic heterocycles. The van der Waals surface area contributed by atoms with Crippen LogP contribution in [0.1, 0.15) is 26.9 Å². The Morgan fingerprint density at radius 1 is 1.19 bits per heavy atom. The first-order chi connectivity index (χ1) is 13.1. The van der Waals surface area contributed by atoms with Crippen molar-refractivity contribution in [1.82, 2.24) is 25.1 Å². The summed E-state index contributed by atoms with van der Waals surface area (Å²) in [5, 5.41) is 9.54. The van der Waals surface area contributed by atoms with Gasteiger partial charge in [0.15, 0.2) is 11.5 Å². The number of nitrogens with one attached hydrogen (secondary N) is 3. The molecule has 0 bridgehead atoms. The Bertz CT molecular complexity index is 1080. The van der Waals surface area contributed by atoms with E-state index in [0.29, 0.717) is 11.6 Å². The number of aromatic nitrogens is 4. The summed E-state index contributed by atoms with van der Waals surface area (Å²) < 4.78 is 6.46. The Hall–Kier alpha value is -3.88. The van der Waals surface area contributed by atoms with Crippen molar-refractivity contribution in [3.63, 3.8) is 0 Å². The fraction of sp³-hybridized carbons (Fsp3) is 0.111. The summed E-state index contributed by atoms with van der Waals surface area (Å²) in [5.74, 6) is 0.408. The van der Waals surface area contributed by atoms with E-state index in [2.05, 4.69) is 25.7 Å². The van der Waals surface area contributed by atoms with Crippen molar-refractivity contribution in [2.24, 2.45) is 7.05 Å². The summed E-state index contributed by atoms with van der Waals surface area (Å²) in [4.78, 5) is 31.9. The largest absolute Gasteiger partial charge is 0.459 e. The number of anilines is 1. The summed E-state index contributed by atoms with van der Waals surface area (Å²) in [6.07, 6.45) is 1.41. The average molecular weight is 364 g/mol. The van der Waals surface area contributed by atoms with Gasteiger partial charge in [0.2, 0.25) is 0 Å². The molecule has 136 valence electrons. The molecule has 3 heterocycles. The number of aromatic amines is 1. The quantitative estimate of drug-likeness (QED) is 0.501. The van der Waals surface area contributed by atoms with E-state index in [0.717, 1.165) is 11.0 Å². The number of benzene rings is 1. The summed E-state index contributed by atoms with van der Waals surface area (Å²) in [7, 11) is 1.63. The number of hydrogen-bond donors (Lipinski definition) is 3. The van der Waals surface area contributed by atoms with Crippen LogP contribution < -0.4 is 10.6 Å². The van der Waals surface area contributed by atoms with E-state index in [9.17, 15) is 9.59 Å². The number of H-pyrrole nitrogens is 1. The molecule has 0 saturated heterocycles. The van der Waals surface area contributed by atoms with Gasteiger partial charge in [0.05, 0.1) is 23.8 Å². The first-order valence-electron chi connectivity index (χ1n) is 8.21. The average Bonchev–Trinajstić information content (AvgIpc) is 3.39. The molecule has 0 aliphatic rings. The Labute approximate surface area is 153 Å². The number of carbonyl (C=O) groups excluding carboxylic acids is 2. The van der Waals surface area contributed by atoms with Crippen molar-refractivity contribution in [1.29, 1.82) is 0 Å². The second kappa shape index (κ2) is 6.79. The van der Waals surface area contributed by atoms with Gasteiger partial charge in [0.25, 0.3) is 11.8 Å². The maximum atomic E-state index is 12.4. The normalized spacial score (nSPS) is 10.9. The number of furan rings is 1. The summed E-state index contributed by atoms with van der Waals surface area (Å²) in [6.45, 7) is 0.234. The molecule has 0 unspecified atom stereocenters. The molecule has 0 aliphatic carbocycles. The minimum Gasteiger partial charge on any atom is -0.459 e. The van der Waals surface area contributed by atoms with Crippen LogP contribution >= 0.6 is 0 Å². The number of nitrogens with zero attached hydrogens (tertiary/aromatic N) is 3. The Kier molecular flexibility index (Phi) is 4.17. The maximum Gasteiger partial charge on any atom is 0.292 e. The zero-order chi connectivity index (χ0) is 18.8. The molecule has 4 rings (SSSR count). The van der Waals surface area contributed by atoms with Gasteiger partial charge in [0.1, 0.15) is 11.6 Å². The molecule has 27 heavy (non-hydrogen) atoms. The third-order valence-corrected chi connectivity index (χ3v) is 3.95. The van der Waals surface area contributed by atoms with E-state index in [1.165, 1.54) is 17.0 Å². The van der Waals surface area contributed by atoms with Crippen LogP contribution in [0.15, 0.2) is 53.1 Å². The second-order valence-electron chi connectivity index (χ2n) is 5.85. The van der Waals surface area contributed by atoms with Crippen molar-refractivity contribution in [2.75, 3.05) is 5.32 Å². The third-order valence-electron chi connectivity index (χ3n) is 3.95. The Balaban J connectivity index is 1.42. The zero-order valence-corrected chi connectivity index (χ0v) is 14.4. The van der Waals surface area contributed by atoms with Crippen LogP contribution in [0.2, 0.25) is 0 Å². The van der Waals surface area contributed by atoms with E-state index >= 15 is 0 Å². The molecule has 0 spiro atoms. The predicted molar refractivity (Wildman–Crippen MR) is 97.1 cm³/mol. The number of para-hydroxylation sites is 2. The highest BCUT2D eigenvalue weighted by Crippen LogP contribution is 2.13. The zero-order valence-electron chi connectivity index (χ0n) is 14.4. The van der Waals surface area contributed by atoms with Crippen LogP contribution in [0.25, 0.3) is 11.0 Å². The summed E-state index contributed by atoms with van der Waals surface area (Å²) >= 11 is 0. The molecule has 0 atom stereocenters. The fourth-order valence-corrected chi connectivity index (χ4v) is 2.62. The van der Waals surface area contributed by atoms with E-state index in [4.69, 9.17) is 4.42 Å². The van der Waals surface area contributed by atoms with E-state index in [1.807, 2.05) is 24.3 Å². The van der Waals surface area contributed by atoms with Gasteiger partial charge in [0, 0.05) is 13.1 Å². The van der Waals surface area contributed by atoms with Gasteiger partial charge in [-0.2, -0.15) is 5.10 Å². The van der Waals surface area contributed by atoms with Gasteiger partial charge in [-0.3, -0.25) is 14.3 Å². The lowest BCUT2D eigenvalue weighted by molar-refractivity contribution is 0.0943. The molecule has 1 aromatic carbocycles. The van der Waals surface area contributed by atoms with Crippen molar-refractivity contribution in [3.05, 3.63) is 66.0 Å². The molecule has 2 amide bonds. The highest BCUT2D eigenvalue weighted by Gasteiger charge is 2.16. The van der Waals surface area contributed by atoms with Gasteiger partial charge in [-0.25, -0.2) is 4.98 Å². The van der Waals surface area contributed by atoms with Crippen LogP contribution in [0.5, 0.6) is 0 Å². The number of aryl methyl sites for hydroxylation is 1. The van der Waals surface area contributed by atoms with Crippen LogP contribution in [0, 0.1) is 0 Å². The minimum atomic E-state index is -0.419. The second-order valence-corrected chi connectivity index (χ2v) is 5.85. The predicted octanol–water partition coefficient (Wildman–Crippen LogP) is 2.07. The molecular formula is C18H16N6O3. The smallest absolute Gasteiger partial charge is 0.292 e. The number of carbonyl (C=O) groups is 2. The molecule has 0 fully saturated rings. The molecule has 9 heteroatoms. The standard InChI is InChI=1S/C18H16N6O3/c1-24-16(22-18(26)14-7-4-8-27-14)9-13(23-24)17(25)19-10-15-20-11-5-2-3-6-12(11)21-15/h2-9H,10H2,1H3,(H,19,25)(H,20,21)(H,22,26). The number of imidazole rings is 1. The maximum absolute atomic E-state index is 12.4. The van der Waals surface area contributed by atoms with Crippen molar-refractivity contribution in [3.8, 4) is 0 Å². The lowest BCUT2D eigenvalue weighted by Gasteiger charge is -2.01. The van der Waals surface area contributed by atoms with Crippen molar-refractivity contribution in [2.45, 2.75) is 6.54 Å². The fourth-order valence-electron chi connectivity index (χ4n) is 2.62. The van der Waals surface area contributed by atoms with Crippen molar-refractivity contribution >= 4 is 28.7 Å². The third kappa shape index (κ3) is 3.43. The van der Waals surface area contributed by atoms with Gasteiger partial charge < -0.3 is 20.0 Å². The van der Waals surface area contributed by atoms with Gasteiger partial charge in [-0.15, -0.1) is 0 Å². The molecule has 0 saturated carbocycles. The summed E-state index contributed by atoms with van der Waals surface area (Å²) in [6, 6.07) is 12.3. The SMILES string of the molecule is Cn1nc(C(=O)NCc2nc3ccccc3[nH]2)cc1NC(=O)c1ccco1. The molecule has 9 nitrogen and oxygen atoms in total. The number of rotatable bonds is 5. The van der Waals surface area contributed by atoms with Crippen LogP contribution in [-0.2, 0) is 13.6 Å². The lowest BCUT2D eigenvalue weighted by Crippen LogP contribution is -2.24. The van der Waals surface area contributed by atoms with Gasteiger partial charge in [-0.1, -0.05) is 12.1 Å². The van der Waals surface area contributed by atoms with Crippen LogP contribution in [0.3, 0.4) is 0 Å². The number of amides is 2. The summed E-state index contributed by atoms with van der Waals surface area (Å²) in [5.41, 5.74) is 1.92. The molecule has 0 radical (unpaired) electrons. The highest BCUT2D eigenvalue weighted by molar-refractivity contribution is 6.02. The Morgan fingerprint density at radius 3 is 2.81 bits per heavy atom. The topological polar surface area (TPSA) is 118 Å². The van der Waals surface area contributed by atoms with E-state index in [1.54, 1.807) is 19.2 Å². The molecule has 0 aliphatic heterocycles. The number of hydrogen-bond acceptors (Lipinski definition) is 5. The molecular weight excluding hydrogens is 348 g/mol. The first-order valence-corrected chi connectivity index (χ1v) is 8.21. The van der Waals surface area contributed by atoms with E-state index in [-0.39, 0.29) is 23.9 Å². The first kappa shape index (κ1) is 16.6. The molecule has 3 N–H and O–H groups in total. The van der Waals surface area contributed by atoms with Crippen molar-refractivity contribution < 1.29 is 14.0 Å². The minimum absolute atomic E-state index is 0.173. The van der Waals surface area contributed by atoms with Gasteiger partial charge in [-0.05, 0) is 24.3 Å². The van der Waals surface area contributed by atoms with Crippen LogP contribution in [0.4, 0.5) is 5.82 Å². The highest BCUT2D eigenvalue weighted by atomic mass is 16.3.